The Morgan fingerprint density at radius 3 is 2.31 bits per heavy atom. The van der Waals surface area contributed by atoms with Gasteiger partial charge in [-0.1, -0.05) is 48.0 Å². The van der Waals surface area contributed by atoms with Crippen molar-refractivity contribution in [3.8, 4) is 5.75 Å². The summed E-state index contributed by atoms with van der Waals surface area (Å²) in [4.78, 5) is 27.9. The van der Waals surface area contributed by atoms with Crippen molar-refractivity contribution in [2.75, 3.05) is 6.54 Å². The quantitative estimate of drug-likeness (QED) is 0.279. The number of rotatable bonds is 5. The minimum Gasteiger partial charge on any atom is -0.508 e. The van der Waals surface area contributed by atoms with Crippen molar-refractivity contribution in [1.29, 1.82) is 0 Å². The van der Waals surface area contributed by atoms with Gasteiger partial charge in [-0.25, -0.2) is 0 Å². The number of likely N-dealkylation sites (tertiary alicyclic amines) is 1. The van der Waals surface area contributed by atoms with E-state index in [9.17, 15) is 19.8 Å². The van der Waals surface area contributed by atoms with Gasteiger partial charge in [-0.3, -0.25) is 9.59 Å². The topological polar surface area (TPSA) is 77.8 Å². The number of benzene rings is 3. The zero-order chi connectivity index (χ0) is 24.5. The molecule has 0 aromatic heterocycles. The number of carbonyl (C=O) groups excluding carboxylic acids is 2. The van der Waals surface area contributed by atoms with E-state index in [-0.39, 0.29) is 17.1 Å². The third kappa shape index (κ3) is 4.56. The van der Waals surface area contributed by atoms with Crippen molar-refractivity contribution in [1.82, 2.24) is 4.90 Å². The Balaban J connectivity index is 1.55. The second-order valence-corrected chi connectivity index (χ2v) is 9.59. The van der Waals surface area contributed by atoms with E-state index in [1.54, 1.807) is 24.3 Å². The first-order valence-corrected chi connectivity index (χ1v) is 12.2. The molecule has 6 heteroatoms. The van der Waals surface area contributed by atoms with Crippen LogP contribution in [0.4, 0.5) is 0 Å². The fraction of sp³-hybridized carbons (Fsp3) is 0.241. The summed E-state index contributed by atoms with van der Waals surface area (Å²) in [5, 5.41) is 21.8. The van der Waals surface area contributed by atoms with Gasteiger partial charge >= 0.3 is 0 Å². The lowest BCUT2D eigenvalue weighted by Gasteiger charge is -2.25. The van der Waals surface area contributed by atoms with E-state index in [1.807, 2.05) is 30.3 Å². The number of aryl methyl sites for hydroxylation is 2. The first-order valence-electron chi connectivity index (χ1n) is 11.9. The number of phenolic OH excluding ortho intramolecular Hbond substituents is 1. The normalized spacial score (nSPS) is 19.1. The number of phenols is 1. The molecule has 35 heavy (non-hydrogen) atoms. The molecule has 178 valence electrons. The van der Waals surface area contributed by atoms with Crippen LogP contribution in [0, 0.1) is 0 Å². The predicted molar refractivity (Wildman–Crippen MR) is 135 cm³/mol. The van der Waals surface area contributed by atoms with Crippen molar-refractivity contribution < 1.29 is 19.8 Å². The highest BCUT2D eigenvalue weighted by atomic mass is 35.5. The van der Waals surface area contributed by atoms with Crippen LogP contribution in [0.15, 0.2) is 72.3 Å². The van der Waals surface area contributed by atoms with Crippen LogP contribution in [-0.4, -0.2) is 33.3 Å². The van der Waals surface area contributed by atoms with Gasteiger partial charge in [0, 0.05) is 17.1 Å². The smallest absolute Gasteiger partial charge is 0.295 e. The second kappa shape index (κ2) is 9.59. The molecule has 1 aliphatic carbocycles. The van der Waals surface area contributed by atoms with Gasteiger partial charge in [0.2, 0.25) is 0 Å². The number of halogens is 1. The van der Waals surface area contributed by atoms with Crippen molar-refractivity contribution in [3.05, 3.63) is 105 Å². The zero-order valence-electron chi connectivity index (χ0n) is 19.2. The van der Waals surface area contributed by atoms with Crippen molar-refractivity contribution in [2.24, 2.45) is 0 Å². The van der Waals surface area contributed by atoms with Gasteiger partial charge in [-0.05, 0) is 84.7 Å². The number of ketones is 1. The molecule has 1 amide bonds. The van der Waals surface area contributed by atoms with E-state index in [4.69, 9.17) is 11.6 Å². The molecule has 0 bridgehead atoms. The van der Waals surface area contributed by atoms with E-state index in [0.717, 1.165) is 31.2 Å². The summed E-state index contributed by atoms with van der Waals surface area (Å²) in [5.74, 6) is -1.42. The standard InChI is InChI=1S/C29H26ClNO4/c30-23-11-5-18(6-12-23)15-16-31-26(20-9-13-24(32)14-10-20)25(28(34)29(31)35)27(33)22-8-7-19-3-1-2-4-21(19)17-22/h5-14,17,26,32-33H,1-4,15-16H2/b27-25-. The lowest BCUT2D eigenvalue weighted by atomic mass is 9.88. The van der Waals surface area contributed by atoms with Crippen LogP contribution in [0.1, 0.15) is 46.7 Å². The van der Waals surface area contributed by atoms with Crippen molar-refractivity contribution >= 4 is 29.1 Å². The largest absolute Gasteiger partial charge is 0.508 e. The Morgan fingerprint density at radius 1 is 0.914 bits per heavy atom. The summed E-state index contributed by atoms with van der Waals surface area (Å²) < 4.78 is 0. The highest BCUT2D eigenvalue weighted by Gasteiger charge is 2.45. The van der Waals surface area contributed by atoms with Crippen molar-refractivity contribution in [3.63, 3.8) is 0 Å². The molecular weight excluding hydrogens is 462 g/mol. The lowest BCUT2D eigenvalue weighted by molar-refractivity contribution is -0.139. The second-order valence-electron chi connectivity index (χ2n) is 9.15. The Hall–Kier alpha value is -3.57. The van der Waals surface area contributed by atoms with Gasteiger partial charge in [-0.15, -0.1) is 0 Å². The molecule has 1 unspecified atom stereocenters. The number of aromatic hydroxyl groups is 1. The van der Waals surface area contributed by atoms with Crippen LogP contribution in [0.25, 0.3) is 5.76 Å². The maximum absolute atomic E-state index is 13.2. The molecule has 1 atom stereocenters. The maximum atomic E-state index is 13.2. The van der Waals surface area contributed by atoms with Gasteiger partial charge in [0.15, 0.2) is 0 Å². The minimum absolute atomic E-state index is 0.0764. The molecular formula is C29H26ClNO4. The van der Waals surface area contributed by atoms with E-state index < -0.39 is 17.7 Å². The first-order chi connectivity index (χ1) is 16.9. The molecule has 5 rings (SSSR count). The number of carbonyl (C=O) groups is 2. The van der Waals surface area contributed by atoms with Gasteiger partial charge in [0.05, 0.1) is 11.6 Å². The summed E-state index contributed by atoms with van der Waals surface area (Å²) in [6.45, 7) is 0.290. The number of hydrogen-bond donors (Lipinski definition) is 2. The average molecular weight is 488 g/mol. The van der Waals surface area contributed by atoms with Gasteiger partial charge in [-0.2, -0.15) is 0 Å². The Morgan fingerprint density at radius 2 is 1.60 bits per heavy atom. The molecule has 0 radical (unpaired) electrons. The van der Waals surface area contributed by atoms with Gasteiger partial charge < -0.3 is 15.1 Å². The molecule has 1 heterocycles. The maximum Gasteiger partial charge on any atom is 0.295 e. The van der Waals surface area contributed by atoms with E-state index >= 15 is 0 Å². The number of amides is 1. The SMILES string of the molecule is O=C1C(=O)N(CCc2ccc(Cl)cc2)C(c2ccc(O)cc2)/C1=C(/O)c1ccc2c(c1)CCCC2. The number of aliphatic hydroxyl groups excluding tert-OH is 1. The summed E-state index contributed by atoms with van der Waals surface area (Å²) in [6.07, 6.45) is 4.72. The third-order valence-electron chi connectivity index (χ3n) is 6.93. The first kappa shape index (κ1) is 23.2. The number of nitrogens with zero attached hydrogens (tertiary/aromatic N) is 1. The fourth-order valence-electron chi connectivity index (χ4n) is 5.05. The summed E-state index contributed by atoms with van der Waals surface area (Å²) >= 11 is 5.99. The Labute approximate surface area is 209 Å². The molecule has 1 fully saturated rings. The monoisotopic (exact) mass is 487 g/mol. The highest BCUT2D eigenvalue weighted by Crippen LogP contribution is 2.40. The predicted octanol–water partition coefficient (Wildman–Crippen LogP) is 5.59. The number of Topliss-reactive ketones (excluding diaryl/α,β-unsaturated/α-hetero) is 1. The van der Waals surface area contributed by atoms with Crippen LogP contribution >= 0.6 is 11.6 Å². The molecule has 5 nitrogen and oxygen atoms in total. The van der Waals surface area contributed by atoms with E-state index in [2.05, 4.69) is 0 Å². The third-order valence-corrected chi connectivity index (χ3v) is 7.18. The number of fused-ring (bicyclic) bond motifs is 1. The van der Waals surface area contributed by atoms with Crippen LogP contribution in [0.3, 0.4) is 0 Å². The number of hydrogen-bond acceptors (Lipinski definition) is 4. The Kier molecular flexibility index (Phi) is 6.35. The molecule has 0 saturated carbocycles. The molecule has 1 aliphatic heterocycles. The van der Waals surface area contributed by atoms with Crippen LogP contribution in [-0.2, 0) is 28.9 Å². The molecule has 2 N–H and O–H groups in total. The molecule has 1 saturated heterocycles. The lowest BCUT2D eigenvalue weighted by Crippen LogP contribution is -2.31. The summed E-state index contributed by atoms with van der Waals surface area (Å²) in [6, 6.07) is 18.8. The Bertz CT molecular complexity index is 1310. The summed E-state index contributed by atoms with van der Waals surface area (Å²) in [7, 11) is 0. The van der Waals surface area contributed by atoms with Crippen LogP contribution in [0.5, 0.6) is 5.75 Å². The number of aliphatic hydroxyl groups is 1. The molecule has 3 aromatic carbocycles. The minimum atomic E-state index is -0.751. The average Bonchev–Trinajstić information content (AvgIpc) is 3.13. The zero-order valence-corrected chi connectivity index (χ0v) is 20.0. The molecule has 0 spiro atoms. The van der Waals surface area contributed by atoms with Gasteiger partial charge in [0.1, 0.15) is 11.5 Å². The van der Waals surface area contributed by atoms with Crippen molar-refractivity contribution in [2.45, 2.75) is 38.1 Å². The van der Waals surface area contributed by atoms with Crippen LogP contribution in [0.2, 0.25) is 5.02 Å². The molecule has 2 aliphatic rings. The van der Waals surface area contributed by atoms with E-state index in [1.165, 1.54) is 28.2 Å². The summed E-state index contributed by atoms with van der Waals surface area (Å²) in [5.41, 5.74) is 4.70. The van der Waals surface area contributed by atoms with Crippen LogP contribution < -0.4 is 0 Å². The molecule has 3 aromatic rings. The highest BCUT2D eigenvalue weighted by molar-refractivity contribution is 6.46. The fourth-order valence-corrected chi connectivity index (χ4v) is 5.18. The van der Waals surface area contributed by atoms with Gasteiger partial charge in [0.25, 0.3) is 11.7 Å². The van der Waals surface area contributed by atoms with E-state index in [0.29, 0.717) is 29.1 Å².